The molecule has 1 atom stereocenters. The number of benzene rings is 1. The first-order valence-corrected chi connectivity index (χ1v) is 7.26. The van der Waals surface area contributed by atoms with Crippen LogP contribution in [0.1, 0.15) is 23.9 Å². The number of nitrogens with two attached hydrogens (primary N) is 1. The van der Waals surface area contributed by atoms with Gasteiger partial charge >= 0.3 is 0 Å². The molecule has 0 aliphatic carbocycles. The van der Waals surface area contributed by atoms with Crippen LogP contribution in [0.2, 0.25) is 0 Å². The lowest BCUT2D eigenvalue weighted by atomic mass is 10.1. The van der Waals surface area contributed by atoms with Gasteiger partial charge in [0.25, 0.3) is 0 Å². The second-order valence-corrected chi connectivity index (χ2v) is 5.14. The molecular formula is C13H17N3OS. The van der Waals surface area contributed by atoms with E-state index in [9.17, 15) is 0 Å². The molecule has 2 rings (SSSR count). The van der Waals surface area contributed by atoms with Gasteiger partial charge in [0.1, 0.15) is 0 Å². The predicted molar refractivity (Wildman–Crippen MR) is 74.4 cm³/mol. The number of rotatable bonds is 5. The highest BCUT2D eigenvalue weighted by atomic mass is 32.2. The van der Waals surface area contributed by atoms with Crippen molar-refractivity contribution < 1.29 is 4.52 Å². The van der Waals surface area contributed by atoms with Crippen LogP contribution in [-0.2, 0) is 0 Å². The molecule has 0 saturated carbocycles. The zero-order valence-corrected chi connectivity index (χ0v) is 11.4. The summed E-state index contributed by atoms with van der Waals surface area (Å²) in [5, 5.41) is 4.00. The SMILES string of the molecule is CSCCC(N)c1nc(-c2ccccc2C)no1. The van der Waals surface area contributed by atoms with Crippen LogP contribution in [0.4, 0.5) is 0 Å². The molecule has 0 aliphatic rings. The number of nitrogens with zero attached hydrogens (tertiary/aromatic N) is 2. The van der Waals surface area contributed by atoms with Crippen LogP contribution in [0.3, 0.4) is 0 Å². The molecule has 1 aromatic carbocycles. The first kappa shape index (κ1) is 13.1. The number of hydrogen-bond acceptors (Lipinski definition) is 5. The van der Waals surface area contributed by atoms with E-state index in [-0.39, 0.29) is 6.04 Å². The Labute approximate surface area is 111 Å². The summed E-state index contributed by atoms with van der Waals surface area (Å²) in [6, 6.07) is 7.79. The fourth-order valence-corrected chi connectivity index (χ4v) is 2.18. The normalized spacial score (nSPS) is 12.6. The highest BCUT2D eigenvalue weighted by Crippen LogP contribution is 2.22. The van der Waals surface area contributed by atoms with Gasteiger partial charge in [-0.05, 0) is 30.9 Å². The van der Waals surface area contributed by atoms with E-state index in [4.69, 9.17) is 10.3 Å². The minimum atomic E-state index is -0.178. The van der Waals surface area contributed by atoms with Gasteiger partial charge in [0, 0.05) is 5.56 Å². The zero-order valence-electron chi connectivity index (χ0n) is 10.6. The Kier molecular flexibility index (Phi) is 4.38. The Morgan fingerprint density at radius 2 is 2.17 bits per heavy atom. The monoisotopic (exact) mass is 263 g/mol. The number of hydrogen-bond donors (Lipinski definition) is 1. The van der Waals surface area contributed by atoms with E-state index in [0.717, 1.165) is 23.3 Å². The molecule has 0 amide bonds. The fourth-order valence-electron chi connectivity index (χ4n) is 1.69. The van der Waals surface area contributed by atoms with Crippen LogP contribution in [0.5, 0.6) is 0 Å². The van der Waals surface area contributed by atoms with Crippen LogP contribution < -0.4 is 5.73 Å². The Hall–Kier alpha value is -1.33. The lowest BCUT2D eigenvalue weighted by Crippen LogP contribution is -2.11. The second-order valence-electron chi connectivity index (χ2n) is 4.16. The molecule has 0 radical (unpaired) electrons. The molecule has 1 unspecified atom stereocenters. The largest absolute Gasteiger partial charge is 0.337 e. The summed E-state index contributed by atoms with van der Waals surface area (Å²) in [5.74, 6) is 2.12. The van der Waals surface area contributed by atoms with Crippen LogP contribution in [0.15, 0.2) is 28.8 Å². The van der Waals surface area contributed by atoms with Crippen LogP contribution >= 0.6 is 11.8 Å². The van der Waals surface area contributed by atoms with Crippen molar-refractivity contribution in [2.45, 2.75) is 19.4 Å². The number of aryl methyl sites for hydroxylation is 1. The Balaban J connectivity index is 2.18. The van der Waals surface area contributed by atoms with Crippen molar-refractivity contribution in [3.8, 4) is 11.4 Å². The molecule has 0 saturated heterocycles. The minimum absolute atomic E-state index is 0.178. The smallest absolute Gasteiger partial charge is 0.243 e. The standard InChI is InChI=1S/C13H17N3OS/c1-9-5-3-4-6-10(9)12-15-13(17-16-12)11(14)7-8-18-2/h3-6,11H,7-8,14H2,1-2H3. The van der Waals surface area contributed by atoms with Crippen molar-refractivity contribution in [1.29, 1.82) is 0 Å². The van der Waals surface area contributed by atoms with Crippen molar-refractivity contribution >= 4 is 11.8 Å². The molecule has 0 fully saturated rings. The third-order valence-corrected chi connectivity index (χ3v) is 3.42. The van der Waals surface area contributed by atoms with Gasteiger partial charge < -0.3 is 10.3 Å². The molecule has 2 aromatic rings. The summed E-state index contributed by atoms with van der Waals surface area (Å²) in [4.78, 5) is 4.38. The second kappa shape index (κ2) is 6.02. The summed E-state index contributed by atoms with van der Waals surface area (Å²) in [6.07, 6.45) is 2.90. The minimum Gasteiger partial charge on any atom is -0.337 e. The first-order valence-electron chi connectivity index (χ1n) is 5.86. The topological polar surface area (TPSA) is 64.9 Å². The molecule has 96 valence electrons. The maximum atomic E-state index is 6.00. The Morgan fingerprint density at radius 3 is 2.89 bits per heavy atom. The van der Waals surface area contributed by atoms with E-state index in [0.29, 0.717) is 11.7 Å². The van der Waals surface area contributed by atoms with Gasteiger partial charge in [-0.15, -0.1) is 0 Å². The predicted octanol–water partition coefficient (Wildman–Crippen LogP) is 2.80. The molecule has 2 N–H and O–H groups in total. The summed E-state index contributed by atoms with van der Waals surface area (Å²) in [5.41, 5.74) is 8.12. The third-order valence-electron chi connectivity index (χ3n) is 2.78. The zero-order chi connectivity index (χ0) is 13.0. The molecule has 0 spiro atoms. The molecule has 18 heavy (non-hydrogen) atoms. The van der Waals surface area contributed by atoms with Gasteiger partial charge in [0.05, 0.1) is 6.04 Å². The van der Waals surface area contributed by atoms with E-state index >= 15 is 0 Å². The fraction of sp³-hybridized carbons (Fsp3) is 0.385. The molecule has 4 nitrogen and oxygen atoms in total. The van der Waals surface area contributed by atoms with Gasteiger partial charge in [-0.3, -0.25) is 0 Å². The van der Waals surface area contributed by atoms with E-state index in [1.165, 1.54) is 0 Å². The van der Waals surface area contributed by atoms with Crippen LogP contribution in [-0.4, -0.2) is 22.1 Å². The highest BCUT2D eigenvalue weighted by Gasteiger charge is 2.15. The van der Waals surface area contributed by atoms with Gasteiger partial charge in [0.15, 0.2) is 0 Å². The maximum absolute atomic E-state index is 6.00. The van der Waals surface area contributed by atoms with E-state index < -0.39 is 0 Å². The lowest BCUT2D eigenvalue weighted by Gasteiger charge is -2.03. The van der Waals surface area contributed by atoms with Crippen molar-refractivity contribution in [1.82, 2.24) is 10.1 Å². The average molecular weight is 263 g/mol. The average Bonchev–Trinajstić information content (AvgIpc) is 2.86. The number of thioether (sulfide) groups is 1. The third kappa shape index (κ3) is 2.91. The van der Waals surface area contributed by atoms with Crippen LogP contribution in [0, 0.1) is 6.92 Å². The van der Waals surface area contributed by atoms with Crippen LogP contribution in [0.25, 0.3) is 11.4 Å². The molecule has 0 bridgehead atoms. The molecular weight excluding hydrogens is 246 g/mol. The first-order chi connectivity index (χ1) is 8.72. The van der Waals surface area contributed by atoms with Crippen molar-refractivity contribution in [3.63, 3.8) is 0 Å². The molecule has 1 heterocycles. The molecule has 5 heteroatoms. The highest BCUT2D eigenvalue weighted by molar-refractivity contribution is 7.98. The van der Waals surface area contributed by atoms with Crippen molar-refractivity contribution in [2.24, 2.45) is 5.73 Å². The quantitative estimate of drug-likeness (QED) is 0.898. The van der Waals surface area contributed by atoms with Gasteiger partial charge in [0.2, 0.25) is 11.7 Å². The summed E-state index contributed by atoms with van der Waals surface area (Å²) in [7, 11) is 0. The van der Waals surface area contributed by atoms with Gasteiger partial charge in [-0.1, -0.05) is 29.4 Å². The molecule has 1 aromatic heterocycles. The number of aromatic nitrogens is 2. The molecule has 0 aliphatic heterocycles. The van der Waals surface area contributed by atoms with E-state index in [1.807, 2.05) is 31.2 Å². The van der Waals surface area contributed by atoms with Crippen molar-refractivity contribution in [2.75, 3.05) is 12.0 Å². The van der Waals surface area contributed by atoms with Gasteiger partial charge in [-0.2, -0.15) is 16.7 Å². The van der Waals surface area contributed by atoms with E-state index in [2.05, 4.69) is 16.4 Å². The maximum Gasteiger partial charge on any atom is 0.243 e. The Bertz CT molecular complexity index is 512. The summed E-state index contributed by atoms with van der Waals surface area (Å²) in [6.45, 7) is 2.03. The lowest BCUT2D eigenvalue weighted by molar-refractivity contribution is 0.353. The summed E-state index contributed by atoms with van der Waals surface area (Å²) >= 11 is 1.76. The van der Waals surface area contributed by atoms with Crippen molar-refractivity contribution in [3.05, 3.63) is 35.7 Å². The summed E-state index contributed by atoms with van der Waals surface area (Å²) < 4.78 is 5.24. The van der Waals surface area contributed by atoms with Gasteiger partial charge in [-0.25, -0.2) is 0 Å². The van der Waals surface area contributed by atoms with E-state index in [1.54, 1.807) is 11.8 Å². The Morgan fingerprint density at radius 1 is 1.39 bits per heavy atom.